The molecule has 0 unspecified atom stereocenters. The van der Waals surface area contributed by atoms with E-state index in [0.717, 1.165) is 0 Å². The number of pyridine rings is 1. The van der Waals surface area contributed by atoms with Crippen LogP contribution in [0.1, 0.15) is 31.9 Å². The summed E-state index contributed by atoms with van der Waals surface area (Å²) >= 11 is 0. The Morgan fingerprint density at radius 3 is 2.50 bits per heavy atom. The third kappa shape index (κ3) is 1.51. The summed E-state index contributed by atoms with van der Waals surface area (Å²) < 4.78 is 11.8. The Morgan fingerprint density at radius 1 is 1.29 bits per heavy atom. The lowest BCUT2D eigenvalue weighted by Crippen LogP contribution is -2.58. The quantitative estimate of drug-likeness (QED) is 0.891. The lowest BCUT2D eigenvalue weighted by molar-refractivity contribution is -0.280. The fourth-order valence-electron chi connectivity index (χ4n) is 3.87. The van der Waals surface area contributed by atoms with Crippen molar-refractivity contribution in [1.82, 2.24) is 4.98 Å². The van der Waals surface area contributed by atoms with Gasteiger partial charge in [-0.05, 0) is 6.07 Å². The second-order valence-corrected chi connectivity index (χ2v) is 6.05. The molecule has 4 atom stereocenters. The average molecular weight is 321 g/mol. The van der Waals surface area contributed by atoms with Gasteiger partial charge in [-0.3, -0.25) is 10.4 Å². The smallest absolute Gasteiger partial charge is 0.217 e. The molecule has 2 fully saturated rings. The van der Waals surface area contributed by atoms with Crippen molar-refractivity contribution in [2.24, 2.45) is 16.7 Å². The summed E-state index contributed by atoms with van der Waals surface area (Å²) in [6, 6.07) is 9.38. The predicted molar refractivity (Wildman–Crippen MR) is 80.8 cm³/mol. The molecule has 120 valence electrons. The number of fused-ring (bicyclic) bond motifs is 2. The van der Waals surface area contributed by atoms with Crippen molar-refractivity contribution in [2.45, 2.75) is 32.2 Å². The van der Waals surface area contributed by atoms with E-state index in [0.29, 0.717) is 12.0 Å². The minimum atomic E-state index is -1.91. The highest BCUT2D eigenvalue weighted by Crippen LogP contribution is 2.66. The SMILES string of the molecule is CC[C@@]12OC(=N)[C@@](C#N)([C@H]1C)C(C#N)(C#N)[C@@H](c1cccnc1)O2. The first-order valence-corrected chi connectivity index (χ1v) is 7.57. The van der Waals surface area contributed by atoms with Crippen molar-refractivity contribution in [2.75, 3.05) is 0 Å². The largest absolute Gasteiger partial charge is 0.447 e. The van der Waals surface area contributed by atoms with Crippen molar-refractivity contribution in [3.8, 4) is 18.2 Å². The fraction of sp³-hybridized carbons (Fsp3) is 0.471. The lowest BCUT2D eigenvalue weighted by Gasteiger charge is -2.48. The number of aromatic nitrogens is 1. The third-order valence-corrected chi connectivity index (χ3v) is 5.28. The van der Waals surface area contributed by atoms with Crippen LogP contribution in [0.3, 0.4) is 0 Å². The molecular formula is C17H15N5O2. The summed E-state index contributed by atoms with van der Waals surface area (Å²) in [5.74, 6) is -2.24. The molecule has 3 rings (SSSR count). The standard InChI is InChI=1S/C17H15N5O2/c1-3-17-11(2)16(10-20,14(21)24-17)15(8-18,9-19)13(23-17)12-5-4-6-22-7-12/h4-7,11,13,21H,3H2,1-2H3/t11-,13-,16-,17-/m1/s1. The predicted octanol–water partition coefficient (Wildman–Crippen LogP) is 2.45. The maximum absolute atomic E-state index is 9.94. The van der Waals surface area contributed by atoms with Gasteiger partial charge in [0, 0.05) is 24.4 Å². The Labute approximate surface area is 139 Å². The number of nitriles is 3. The summed E-state index contributed by atoms with van der Waals surface area (Å²) in [7, 11) is 0. The van der Waals surface area contributed by atoms with Gasteiger partial charge in [0.25, 0.3) is 0 Å². The van der Waals surface area contributed by atoms with Crippen molar-refractivity contribution >= 4 is 5.90 Å². The van der Waals surface area contributed by atoms with Crippen molar-refractivity contribution in [1.29, 1.82) is 21.2 Å². The van der Waals surface area contributed by atoms with Gasteiger partial charge in [-0.25, -0.2) is 0 Å². The second-order valence-electron chi connectivity index (χ2n) is 6.05. The van der Waals surface area contributed by atoms with Crippen molar-refractivity contribution in [3.05, 3.63) is 30.1 Å². The minimum Gasteiger partial charge on any atom is -0.447 e. The first kappa shape index (κ1) is 15.9. The molecule has 7 heteroatoms. The van der Waals surface area contributed by atoms with E-state index in [-0.39, 0.29) is 5.90 Å². The first-order chi connectivity index (χ1) is 11.5. The molecule has 24 heavy (non-hydrogen) atoms. The topological polar surface area (TPSA) is 127 Å². The molecule has 1 aromatic heterocycles. The first-order valence-electron chi connectivity index (χ1n) is 7.57. The molecule has 2 aliphatic heterocycles. The van der Waals surface area contributed by atoms with Gasteiger partial charge in [0.1, 0.15) is 6.10 Å². The summed E-state index contributed by atoms with van der Waals surface area (Å²) in [6.07, 6.45) is 2.41. The normalized spacial score (nSPS) is 36.0. The van der Waals surface area contributed by atoms with Crippen molar-refractivity contribution < 1.29 is 9.47 Å². The molecule has 1 N–H and O–H groups in total. The zero-order valence-corrected chi connectivity index (χ0v) is 13.3. The maximum Gasteiger partial charge on any atom is 0.217 e. The average Bonchev–Trinajstić information content (AvgIpc) is 2.78. The van der Waals surface area contributed by atoms with E-state index < -0.39 is 28.6 Å². The van der Waals surface area contributed by atoms with Crippen LogP contribution in [0.5, 0.6) is 0 Å². The van der Waals surface area contributed by atoms with Gasteiger partial charge in [0.05, 0.1) is 24.1 Å². The Kier molecular flexibility index (Phi) is 3.34. The summed E-state index contributed by atoms with van der Waals surface area (Å²) in [5.41, 5.74) is -3.11. The molecule has 1 aromatic rings. The van der Waals surface area contributed by atoms with E-state index in [1.807, 2.05) is 19.1 Å². The number of nitrogens with one attached hydrogen (secondary N) is 1. The Hall–Kier alpha value is -2.95. The lowest BCUT2D eigenvalue weighted by atomic mass is 9.54. The fourth-order valence-corrected chi connectivity index (χ4v) is 3.87. The van der Waals surface area contributed by atoms with E-state index in [1.165, 1.54) is 6.20 Å². The number of ether oxygens (including phenoxy) is 2. The van der Waals surface area contributed by atoms with Crippen LogP contribution in [0.25, 0.3) is 0 Å². The number of rotatable bonds is 2. The molecule has 2 bridgehead atoms. The van der Waals surface area contributed by atoms with Gasteiger partial charge < -0.3 is 9.47 Å². The molecule has 7 nitrogen and oxygen atoms in total. The van der Waals surface area contributed by atoms with Gasteiger partial charge >= 0.3 is 0 Å². The summed E-state index contributed by atoms with van der Waals surface area (Å²) in [6.45, 7) is 3.51. The Bertz CT molecular complexity index is 804. The zero-order chi connectivity index (χ0) is 17.6. The monoisotopic (exact) mass is 321 g/mol. The van der Waals surface area contributed by atoms with Gasteiger partial charge in [-0.15, -0.1) is 0 Å². The maximum atomic E-state index is 9.94. The van der Waals surface area contributed by atoms with Crippen LogP contribution < -0.4 is 0 Å². The molecule has 0 amide bonds. The zero-order valence-electron chi connectivity index (χ0n) is 13.3. The van der Waals surface area contributed by atoms with Gasteiger partial charge in [-0.2, -0.15) is 15.8 Å². The highest BCUT2D eigenvalue weighted by Gasteiger charge is 2.78. The van der Waals surface area contributed by atoms with Gasteiger partial charge in [0.15, 0.2) is 5.41 Å². The summed E-state index contributed by atoms with van der Waals surface area (Å²) in [5, 5.41) is 38.0. The molecule has 0 radical (unpaired) electrons. The Morgan fingerprint density at radius 2 is 2.00 bits per heavy atom. The third-order valence-electron chi connectivity index (χ3n) is 5.28. The molecule has 2 aliphatic rings. The van der Waals surface area contributed by atoms with Gasteiger partial charge in [-0.1, -0.05) is 19.9 Å². The number of hydrogen-bond acceptors (Lipinski definition) is 7. The minimum absolute atomic E-state index is 0.379. The Balaban J connectivity index is 2.34. The second kappa shape index (κ2) is 5.03. The summed E-state index contributed by atoms with van der Waals surface area (Å²) in [4.78, 5) is 4.02. The van der Waals surface area contributed by atoms with Crippen LogP contribution in [-0.4, -0.2) is 16.7 Å². The van der Waals surface area contributed by atoms with Crippen LogP contribution in [0.2, 0.25) is 0 Å². The number of hydrogen-bond donors (Lipinski definition) is 1. The van der Waals surface area contributed by atoms with Crippen molar-refractivity contribution in [3.63, 3.8) is 0 Å². The van der Waals surface area contributed by atoms with E-state index in [4.69, 9.17) is 14.9 Å². The molecule has 0 aliphatic carbocycles. The molecular weight excluding hydrogens is 306 g/mol. The molecule has 3 heterocycles. The van der Waals surface area contributed by atoms with E-state index in [9.17, 15) is 15.8 Å². The highest BCUT2D eigenvalue weighted by atomic mass is 16.7. The van der Waals surface area contributed by atoms with Crippen LogP contribution in [0, 0.1) is 56.2 Å². The van der Waals surface area contributed by atoms with E-state index in [1.54, 1.807) is 25.3 Å². The molecule has 0 saturated carbocycles. The van der Waals surface area contributed by atoms with Crippen LogP contribution in [0.4, 0.5) is 0 Å². The molecule has 0 spiro atoms. The van der Waals surface area contributed by atoms with Crippen LogP contribution in [-0.2, 0) is 9.47 Å². The highest BCUT2D eigenvalue weighted by molar-refractivity contribution is 5.89. The van der Waals surface area contributed by atoms with Crippen LogP contribution in [0.15, 0.2) is 24.5 Å². The number of nitrogens with zero attached hydrogens (tertiary/aromatic N) is 4. The van der Waals surface area contributed by atoms with E-state index >= 15 is 0 Å². The van der Waals surface area contributed by atoms with Crippen LogP contribution >= 0.6 is 0 Å². The molecule has 2 saturated heterocycles. The molecule has 0 aromatic carbocycles. The van der Waals surface area contributed by atoms with Gasteiger partial charge in [0.2, 0.25) is 17.1 Å². The van der Waals surface area contributed by atoms with E-state index in [2.05, 4.69) is 11.1 Å².